The highest BCUT2D eigenvalue weighted by Gasteiger charge is 2.15. The first-order chi connectivity index (χ1) is 7.59. The monoisotopic (exact) mass is 215 g/mol. The molecule has 0 bridgehead atoms. The minimum Gasteiger partial charge on any atom is -0.398 e. The van der Waals surface area contributed by atoms with Crippen molar-refractivity contribution in [3.05, 3.63) is 47.3 Å². The third-order valence-electron chi connectivity index (χ3n) is 2.51. The van der Waals surface area contributed by atoms with Crippen molar-refractivity contribution in [1.82, 2.24) is 9.78 Å². The topological polar surface area (TPSA) is 60.9 Å². The Hall–Kier alpha value is -2.10. The van der Waals surface area contributed by atoms with Crippen LogP contribution in [-0.2, 0) is 7.05 Å². The van der Waals surface area contributed by atoms with Crippen LogP contribution >= 0.6 is 0 Å². The maximum absolute atomic E-state index is 12.2. The number of aryl methyl sites for hydroxylation is 2. The van der Waals surface area contributed by atoms with Crippen molar-refractivity contribution in [3.8, 4) is 0 Å². The van der Waals surface area contributed by atoms with Crippen molar-refractivity contribution in [2.75, 3.05) is 5.73 Å². The van der Waals surface area contributed by atoms with E-state index in [0.717, 1.165) is 5.56 Å². The van der Waals surface area contributed by atoms with Crippen LogP contribution in [0.5, 0.6) is 0 Å². The molecule has 1 heterocycles. The van der Waals surface area contributed by atoms with Gasteiger partial charge in [-0.2, -0.15) is 5.10 Å². The number of hydrogen-bond acceptors (Lipinski definition) is 3. The van der Waals surface area contributed by atoms with E-state index in [0.29, 0.717) is 16.9 Å². The summed E-state index contributed by atoms with van der Waals surface area (Å²) in [6.07, 6.45) is 1.60. The fraction of sp³-hybridized carbons (Fsp3) is 0.167. The number of aromatic nitrogens is 2. The Bertz CT molecular complexity index is 543. The number of nitrogens with two attached hydrogens (primary N) is 1. The fourth-order valence-corrected chi connectivity index (χ4v) is 1.60. The smallest absolute Gasteiger partial charge is 0.213 e. The quantitative estimate of drug-likeness (QED) is 0.610. The second-order valence-electron chi connectivity index (χ2n) is 3.76. The summed E-state index contributed by atoms with van der Waals surface area (Å²) in [5.74, 6) is -0.0961. The molecular formula is C12H13N3O. The van der Waals surface area contributed by atoms with Crippen LogP contribution in [0.25, 0.3) is 0 Å². The van der Waals surface area contributed by atoms with Crippen molar-refractivity contribution >= 4 is 11.5 Å². The number of rotatable bonds is 2. The molecule has 2 aromatic rings. The first-order valence-electron chi connectivity index (χ1n) is 4.98. The summed E-state index contributed by atoms with van der Waals surface area (Å²) in [4.78, 5) is 12.2. The van der Waals surface area contributed by atoms with Gasteiger partial charge in [-0.25, -0.2) is 0 Å². The maximum Gasteiger partial charge on any atom is 0.213 e. The Kier molecular flexibility index (Phi) is 2.48. The molecule has 0 saturated carbocycles. The molecule has 2 rings (SSSR count). The average Bonchev–Trinajstić information content (AvgIpc) is 2.67. The summed E-state index contributed by atoms with van der Waals surface area (Å²) in [6, 6.07) is 7.11. The predicted molar refractivity (Wildman–Crippen MR) is 62.2 cm³/mol. The molecule has 0 spiro atoms. The summed E-state index contributed by atoms with van der Waals surface area (Å²) in [5.41, 5.74) is 8.38. The minimum atomic E-state index is -0.0961. The van der Waals surface area contributed by atoms with Gasteiger partial charge in [-0.15, -0.1) is 0 Å². The van der Waals surface area contributed by atoms with Crippen molar-refractivity contribution < 1.29 is 4.79 Å². The lowest BCUT2D eigenvalue weighted by Gasteiger charge is -2.06. The molecule has 0 radical (unpaired) electrons. The van der Waals surface area contributed by atoms with Gasteiger partial charge in [-0.3, -0.25) is 9.48 Å². The third kappa shape index (κ3) is 1.69. The van der Waals surface area contributed by atoms with Gasteiger partial charge < -0.3 is 5.73 Å². The SMILES string of the molecule is Cc1ccc(N)c(C(=O)c2ccnn2C)c1. The number of ketones is 1. The Balaban J connectivity index is 2.49. The number of benzene rings is 1. The van der Waals surface area contributed by atoms with E-state index >= 15 is 0 Å². The van der Waals surface area contributed by atoms with Gasteiger partial charge in [0.2, 0.25) is 5.78 Å². The number of carbonyl (C=O) groups is 1. The third-order valence-corrected chi connectivity index (χ3v) is 2.51. The number of carbonyl (C=O) groups excluding carboxylic acids is 1. The zero-order chi connectivity index (χ0) is 11.7. The molecule has 82 valence electrons. The summed E-state index contributed by atoms with van der Waals surface area (Å²) >= 11 is 0. The molecule has 0 unspecified atom stereocenters. The first kappa shape index (κ1) is 10.4. The molecule has 16 heavy (non-hydrogen) atoms. The zero-order valence-electron chi connectivity index (χ0n) is 9.27. The summed E-state index contributed by atoms with van der Waals surface area (Å²) in [7, 11) is 1.74. The molecule has 0 atom stereocenters. The Morgan fingerprint density at radius 1 is 1.38 bits per heavy atom. The lowest BCUT2D eigenvalue weighted by molar-refractivity contribution is 0.103. The summed E-state index contributed by atoms with van der Waals surface area (Å²) < 4.78 is 1.55. The van der Waals surface area contributed by atoms with Crippen LogP contribution < -0.4 is 5.73 Å². The molecule has 0 amide bonds. The highest BCUT2D eigenvalue weighted by Crippen LogP contribution is 2.17. The van der Waals surface area contributed by atoms with Gasteiger partial charge in [-0.05, 0) is 25.1 Å². The maximum atomic E-state index is 12.2. The van der Waals surface area contributed by atoms with Crippen molar-refractivity contribution in [1.29, 1.82) is 0 Å². The second-order valence-corrected chi connectivity index (χ2v) is 3.76. The average molecular weight is 215 g/mol. The van der Waals surface area contributed by atoms with Gasteiger partial charge in [0.15, 0.2) is 0 Å². The van der Waals surface area contributed by atoms with E-state index in [9.17, 15) is 4.79 Å². The lowest BCUT2D eigenvalue weighted by Crippen LogP contribution is -2.10. The molecule has 2 N–H and O–H groups in total. The number of nitrogen functional groups attached to an aromatic ring is 1. The summed E-state index contributed by atoms with van der Waals surface area (Å²) in [5, 5.41) is 3.97. The van der Waals surface area contributed by atoms with Gasteiger partial charge in [0.25, 0.3) is 0 Å². The molecule has 0 fully saturated rings. The van der Waals surface area contributed by atoms with E-state index in [-0.39, 0.29) is 5.78 Å². The molecule has 0 saturated heterocycles. The van der Waals surface area contributed by atoms with E-state index in [2.05, 4.69) is 5.10 Å². The Morgan fingerprint density at radius 3 is 2.75 bits per heavy atom. The number of nitrogens with zero attached hydrogens (tertiary/aromatic N) is 2. The van der Waals surface area contributed by atoms with Crippen molar-refractivity contribution in [2.24, 2.45) is 7.05 Å². The van der Waals surface area contributed by atoms with Crippen LogP contribution in [-0.4, -0.2) is 15.6 Å². The number of anilines is 1. The van der Waals surface area contributed by atoms with E-state index in [4.69, 9.17) is 5.73 Å². The van der Waals surface area contributed by atoms with Crippen LogP contribution in [0.3, 0.4) is 0 Å². The second kappa shape index (κ2) is 3.81. The van der Waals surface area contributed by atoms with Crippen LogP contribution in [0, 0.1) is 6.92 Å². The number of hydrogen-bond donors (Lipinski definition) is 1. The lowest BCUT2D eigenvalue weighted by atomic mass is 10.0. The molecule has 1 aromatic carbocycles. The van der Waals surface area contributed by atoms with Crippen molar-refractivity contribution in [3.63, 3.8) is 0 Å². The molecular weight excluding hydrogens is 202 g/mol. The van der Waals surface area contributed by atoms with Gasteiger partial charge in [0.1, 0.15) is 5.69 Å². The first-order valence-corrected chi connectivity index (χ1v) is 4.98. The van der Waals surface area contributed by atoms with E-state index in [1.165, 1.54) is 0 Å². The highest BCUT2D eigenvalue weighted by atomic mass is 16.1. The van der Waals surface area contributed by atoms with E-state index < -0.39 is 0 Å². The van der Waals surface area contributed by atoms with E-state index in [1.54, 1.807) is 36.1 Å². The Labute approximate surface area is 93.7 Å². The largest absolute Gasteiger partial charge is 0.398 e. The fourth-order valence-electron chi connectivity index (χ4n) is 1.60. The molecule has 0 aliphatic rings. The molecule has 4 nitrogen and oxygen atoms in total. The zero-order valence-corrected chi connectivity index (χ0v) is 9.27. The van der Waals surface area contributed by atoms with Crippen LogP contribution in [0.2, 0.25) is 0 Å². The summed E-state index contributed by atoms with van der Waals surface area (Å²) in [6.45, 7) is 1.93. The van der Waals surface area contributed by atoms with Crippen molar-refractivity contribution in [2.45, 2.75) is 6.92 Å². The van der Waals surface area contributed by atoms with Crippen LogP contribution in [0.1, 0.15) is 21.6 Å². The standard InChI is InChI=1S/C12H13N3O/c1-8-3-4-10(13)9(7-8)12(16)11-5-6-14-15(11)2/h3-7H,13H2,1-2H3. The molecule has 0 aliphatic heterocycles. The van der Waals surface area contributed by atoms with Gasteiger partial charge in [-0.1, -0.05) is 11.6 Å². The van der Waals surface area contributed by atoms with Gasteiger partial charge >= 0.3 is 0 Å². The van der Waals surface area contributed by atoms with Crippen LogP contribution in [0.15, 0.2) is 30.5 Å². The minimum absolute atomic E-state index is 0.0961. The predicted octanol–water partition coefficient (Wildman–Crippen LogP) is 1.54. The molecule has 0 aliphatic carbocycles. The van der Waals surface area contributed by atoms with Gasteiger partial charge in [0.05, 0.1) is 0 Å². The molecule has 4 heteroatoms. The Morgan fingerprint density at radius 2 is 2.12 bits per heavy atom. The normalized spacial score (nSPS) is 10.4. The van der Waals surface area contributed by atoms with Gasteiger partial charge in [0, 0.05) is 24.5 Å². The highest BCUT2D eigenvalue weighted by molar-refractivity contribution is 6.11. The van der Waals surface area contributed by atoms with E-state index in [1.807, 2.05) is 13.0 Å². The van der Waals surface area contributed by atoms with Crippen LogP contribution in [0.4, 0.5) is 5.69 Å². The molecule has 1 aromatic heterocycles.